The van der Waals surface area contributed by atoms with Crippen LogP contribution in [0.2, 0.25) is 0 Å². The van der Waals surface area contributed by atoms with Crippen LogP contribution in [0.3, 0.4) is 0 Å². The highest BCUT2D eigenvalue weighted by Crippen LogP contribution is 2.31. The summed E-state index contributed by atoms with van der Waals surface area (Å²) in [5.41, 5.74) is 0.979. The van der Waals surface area contributed by atoms with Crippen LogP contribution in [0.1, 0.15) is 11.3 Å². The molecule has 0 aliphatic rings. The number of halogens is 3. The smallest absolute Gasteiger partial charge is 0.390 e. The van der Waals surface area contributed by atoms with Crippen molar-refractivity contribution in [2.24, 2.45) is 0 Å². The van der Waals surface area contributed by atoms with E-state index < -0.39 is 11.7 Å². The molecule has 0 aliphatic heterocycles. The molecular weight excluding hydrogens is 243 g/mol. The summed E-state index contributed by atoms with van der Waals surface area (Å²) in [5.74, 6) is 0. The second-order valence-corrected chi connectivity index (χ2v) is 3.73. The van der Waals surface area contributed by atoms with Crippen molar-refractivity contribution in [1.29, 1.82) is 0 Å². The van der Waals surface area contributed by atoms with Gasteiger partial charge in [-0.05, 0) is 23.8 Å². The summed E-state index contributed by atoms with van der Waals surface area (Å²) in [4.78, 5) is 3.97. The number of aliphatic hydroxyl groups is 1. The Bertz CT molecular complexity index is 535. The molecule has 0 amide bonds. The summed E-state index contributed by atoms with van der Waals surface area (Å²) in [6.07, 6.45) is -2.81. The van der Waals surface area contributed by atoms with E-state index in [9.17, 15) is 13.2 Å². The molecule has 0 bridgehead atoms. The third-order valence-corrected chi connectivity index (χ3v) is 2.56. The van der Waals surface area contributed by atoms with E-state index in [0.717, 1.165) is 12.1 Å². The van der Waals surface area contributed by atoms with Gasteiger partial charge in [0.2, 0.25) is 0 Å². The van der Waals surface area contributed by atoms with Crippen LogP contribution in [0, 0.1) is 0 Å². The van der Waals surface area contributed by atoms with Gasteiger partial charge in [0.15, 0.2) is 0 Å². The summed E-state index contributed by atoms with van der Waals surface area (Å²) in [6.45, 7) is -0.253. The van der Waals surface area contributed by atoms with E-state index >= 15 is 0 Å². The zero-order valence-corrected chi connectivity index (χ0v) is 9.28. The topological polar surface area (TPSA) is 33.1 Å². The van der Waals surface area contributed by atoms with E-state index in [2.05, 4.69) is 4.98 Å². The van der Waals surface area contributed by atoms with Crippen LogP contribution in [0.4, 0.5) is 13.2 Å². The SMILES string of the molecule is OCc1ncccc1-c1ccc(C(F)(F)F)cc1. The first-order valence-corrected chi connectivity index (χ1v) is 5.25. The molecule has 0 spiro atoms. The van der Waals surface area contributed by atoms with Crippen molar-refractivity contribution >= 4 is 0 Å². The van der Waals surface area contributed by atoms with Gasteiger partial charge in [-0.2, -0.15) is 13.2 Å². The normalized spacial score (nSPS) is 11.6. The molecule has 0 atom stereocenters. The van der Waals surface area contributed by atoms with Crippen molar-refractivity contribution in [2.45, 2.75) is 12.8 Å². The van der Waals surface area contributed by atoms with Crippen molar-refractivity contribution in [3.05, 3.63) is 53.9 Å². The van der Waals surface area contributed by atoms with Crippen LogP contribution < -0.4 is 0 Å². The summed E-state index contributed by atoms with van der Waals surface area (Å²) in [5, 5.41) is 9.12. The van der Waals surface area contributed by atoms with Crippen LogP contribution >= 0.6 is 0 Å². The summed E-state index contributed by atoms with van der Waals surface area (Å²) >= 11 is 0. The van der Waals surface area contributed by atoms with E-state index in [-0.39, 0.29) is 6.61 Å². The van der Waals surface area contributed by atoms with E-state index in [0.29, 0.717) is 16.8 Å². The van der Waals surface area contributed by atoms with E-state index in [4.69, 9.17) is 5.11 Å². The van der Waals surface area contributed by atoms with Crippen molar-refractivity contribution in [3.63, 3.8) is 0 Å². The number of nitrogens with zero attached hydrogens (tertiary/aromatic N) is 1. The van der Waals surface area contributed by atoms with Gasteiger partial charge in [-0.15, -0.1) is 0 Å². The van der Waals surface area contributed by atoms with Crippen LogP contribution in [0.25, 0.3) is 11.1 Å². The maximum Gasteiger partial charge on any atom is 0.416 e. The first kappa shape index (κ1) is 12.6. The number of aliphatic hydroxyl groups excluding tert-OH is 1. The number of aromatic nitrogens is 1. The summed E-state index contributed by atoms with van der Waals surface area (Å²) in [7, 11) is 0. The molecule has 18 heavy (non-hydrogen) atoms. The molecule has 0 unspecified atom stereocenters. The Kier molecular flexibility index (Phi) is 3.34. The minimum Gasteiger partial charge on any atom is -0.390 e. The van der Waals surface area contributed by atoms with Crippen molar-refractivity contribution < 1.29 is 18.3 Å². The highest BCUT2D eigenvalue weighted by Gasteiger charge is 2.30. The molecule has 94 valence electrons. The maximum atomic E-state index is 12.4. The van der Waals surface area contributed by atoms with Gasteiger partial charge < -0.3 is 5.11 Å². The van der Waals surface area contributed by atoms with Gasteiger partial charge in [0, 0.05) is 11.8 Å². The molecule has 2 rings (SSSR count). The first-order valence-electron chi connectivity index (χ1n) is 5.25. The fourth-order valence-electron chi connectivity index (χ4n) is 1.67. The van der Waals surface area contributed by atoms with Gasteiger partial charge >= 0.3 is 6.18 Å². The Balaban J connectivity index is 2.41. The Hall–Kier alpha value is -1.88. The molecule has 0 aliphatic carbocycles. The first-order chi connectivity index (χ1) is 8.52. The third kappa shape index (κ3) is 2.51. The number of rotatable bonds is 2. The lowest BCUT2D eigenvalue weighted by atomic mass is 10.0. The second kappa shape index (κ2) is 4.78. The minimum atomic E-state index is -4.34. The molecular formula is C13H10F3NO. The number of alkyl halides is 3. The van der Waals surface area contributed by atoms with Crippen LogP contribution in [0.15, 0.2) is 42.6 Å². The van der Waals surface area contributed by atoms with Crippen LogP contribution in [-0.2, 0) is 12.8 Å². The van der Waals surface area contributed by atoms with Crippen molar-refractivity contribution in [1.82, 2.24) is 4.98 Å². The lowest BCUT2D eigenvalue weighted by molar-refractivity contribution is -0.137. The molecule has 0 saturated heterocycles. The van der Waals surface area contributed by atoms with Crippen LogP contribution in [0.5, 0.6) is 0 Å². The van der Waals surface area contributed by atoms with Gasteiger partial charge in [-0.1, -0.05) is 18.2 Å². The fraction of sp³-hybridized carbons (Fsp3) is 0.154. The Labute approximate surface area is 102 Å². The quantitative estimate of drug-likeness (QED) is 0.891. The molecule has 1 aromatic carbocycles. The molecule has 2 nitrogen and oxygen atoms in total. The average Bonchev–Trinajstić information content (AvgIpc) is 2.38. The third-order valence-electron chi connectivity index (χ3n) is 2.56. The number of benzene rings is 1. The van der Waals surface area contributed by atoms with E-state index in [1.165, 1.54) is 18.3 Å². The molecule has 2 aromatic rings. The van der Waals surface area contributed by atoms with E-state index in [1.807, 2.05) is 0 Å². The molecule has 1 aromatic heterocycles. The molecule has 0 saturated carbocycles. The molecule has 5 heteroatoms. The zero-order chi connectivity index (χ0) is 13.2. The molecule has 0 radical (unpaired) electrons. The molecule has 0 fully saturated rings. The average molecular weight is 253 g/mol. The highest BCUT2D eigenvalue weighted by molar-refractivity contribution is 5.65. The van der Waals surface area contributed by atoms with Gasteiger partial charge in [-0.25, -0.2) is 0 Å². The van der Waals surface area contributed by atoms with Gasteiger partial charge in [0.05, 0.1) is 17.9 Å². The largest absolute Gasteiger partial charge is 0.416 e. The summed E-state index contributed by atoms with van der Waals surface area (Å²) in [6, 6.07) is 8.16. The lowest BCUT2D eigenvalue weighted by Crippen LogP contribution is -2.04. The Morgan fingerprint density at radius 2 is 1.72 bits per heavy atom. The van der Waals surface area contributed by atoms with Crippen molar-refractivity contribution in [3.8, 4) is 11.1 Å². The van der Waals surface area contributed by atoms with E-state index in [1.54, 1.807) is 12.1 Å². The number of hydrogen-bond acceptors (Lipinski definition) is 2. The lowest BCUT2D eigenvalue weighted by Gasteiger charge is -2.09. The van der Waals surface area contributed by atoms with Gasteiger partial charge in [0.1, 0.15) is 0 Å². The predicted molar refractivity (Wildman–Crippen MR) is 60.6 cm³/mol. The van der Waals surface area contributed by atoms with Crippen LogP contribution in [-0.4, -0.2) is 10.1 Å². The maximum absolute atomic E-state index is 12.4. The highest BCUT2D eigenvalue weighted by atomic mass is 19.4. The standard InChI is InChI=1S/C13H10F3NO/c14-13(15,16)10-5-3-9(4-6-10)11-2-1-7-17-12(11)8-18/h1-7,18H,8H2. The molecule has 1 N–H and O–H groups in total. The molecule has 1 heterocycles. The number of hydrogen-bond donors (Lipinski definition) is 1. The zero-order valence-electron chi connectivity index (χ0n) is 9.28. The summed E-state index contributed by atoms with van der Waals surface area (Å²) < 4.78 is 37.2. The second-order valence-electron chi connectivity index (χ2n) is 3.73. The van der Waals surface area contributed by atoms with Gasteiger partial charge in [-0.3, -0.25) is 4.98 Å². The van der Waals surface area contributed by atoms with Gasteiger partial charge in [0.25, 0.3) is 0 Å². The Morgan fingerprint density at radius 1 is 1.06 bits per heavy atom. The minimum absolute atomic E-state index is 0.253. The number of pyridine rings is 1. The fourth-order valence-corrected chi connectivity index (χ4v) is 1.67. The predicted octanol–water partition coefficient (Wildman–Crippen LogP) is 3.26. The monoisotopic (exact) mass is 253 g/mol. The van der Waals surface area contributed by atoms with Crippen molar-refractivity contribution in [2.75, 3.05) is 0 Å². The Morgan fingerprint density at radius 3 is 2.28 bits per heavy atom.